The van der Waals surface area contributed by atoms with Crippen molar-refractivity contribution in [2.75, 3.05) is 14.1 Å². The summed E-state index contributed by atoms with van der Waals surface area (Å²) in [7, 11) is 4.00. The highest BCUT2D eigenvalue weighted by Crippen LogP contribution is 2.15. The van der Waals surface area contributed by atoms with E-state index in [4.69, 9.17) is 5.26 Å². The summed E-state index contributed by atoms with van der Waals surface area (Å²) in [5.74, 6) is 0. The number of hydrogen-bond acceptors (Lipinski definition) is 3. The molecular formula is C8H10N2S. The molecule has 0 aliphatic rings. The van der Waals surface area contributed by atoms with Gasteiger partial charge in [0, 0.05) is 6.54 Å². The summed E-state index contributed by atoms with van der Waals surface area (Å²) in [5.41, 5.74) is 1.13. The van der Waals surface area contributed by atoms with Crippen LogP contribution in [0.2, 0.25) is 0 Å². The van der Waals surface area contributed by atoms with E-state index in [2.05, 4.69) is 11.0 Å². The molecule has 0 aliphatic heterocycles. The van der Waals surface area contributed by atoms with Gasteiger partial charge in [0.05, 0.1) is 0 Å². The molecule has 58 valence electrons. The number of nitriles is 1. The van der Waals surface area contributed by atoms with Gasteiger partial charge in [-0.2, -0.15) is 5.26 Å². The molecule has 0 spiro atoms. The number of hydrogen-bond donors (Lipinski definition) is 0. The van der Waals surface area contributed by atoms with Crippen molar-refractivity contribution in [3.8, 4) is 6.07 Å². The van der Waals surface area contributed by atoms with E-state index in [-0.39, 0.29) is 0 Å². The van der Waals surface area contributed by atoms with Crippen LogP contribution in [0.25, 0.3) is 0 Å². The Labute approximate surface area is 70.7 Å². The fourth-order valence-corrected chi connectivity index (χ4v) is 1.60. The average Bonchev–Trinajstić information content (AvgIpc) is 2.34. The Morgan fingerprint density at radius 1 is 1.64 bits per heavy atom. The van der Waals surface area contributed by atoms with Gasteiger partial charge in [-0.25, -0.2) is 0 Å². The zero-order valence-electron chi connectivity index (χ0n) is 6.66. The number of rotatable bonds is 2. The van der Waals surface area contributed by atoms with Gasteiger partial charge in [0.1, 0.15) is 10.9 Å². The maximum atomic E-state index is 8.66. The Bertz CT molecular complexity index is 270. The lowest BCUT2D eigenvalue weighted by molar-refractivity contribution is 0.403. The van der Waals surface area contributed by atoms with Gasteiger partial charge in [0.25, 0.3) is 0 Å². The summed E-state index contributed by atoms with van der Waals surface area (Å²) >= 11 is 1.50. The van der Waals surface area contributed by atoms with E-state index in [1.165, 1.54) is 11.3 Å². The van der Waals surface area contributed by atoms with Crippen LogP contribution in [0.4, 0.5) is 0 Å². The zero-order valence-corrected chi connectivity index (χ0v) is 7.48. The van der Waals surface area contributed by atoms with Gasteiger partial charge in [-0.3, -0.25) is 0 Å². The lowest BCUT2D eigenvalue weighted by Crippen LogP contribution is -2.10. The molecule has 2 nitrogen and oxygen atoms in total. The van der Waals surface area contributed by atoms with E-state index >= 15 is 0 Å². The van der Waals surface area contributed by atoms with E-state index in [9.17, 15) is 0 Å². The largest absolute Gasteiger partial charge is 0.305 e. The van der Waals surface area contributed by atoms with Gasteiger partial charge >= 0.3 is 0 Å². The Balaban J connectivity index is 2.79. The van der Waals surface area contributed by atoms with Crippen LogP contribution in [0.1, 0.15) is 10.4 Å². The molecular weight excluding hydrogens is 156 g/mol. The van der Waals surface area contributed by atoms with Crippen LogP contribution < -0.4 is 0 Å². The SMILES string of the molecule is CN(C)Cc1ccsc1C#N. The standard InChI is InChI=1S/C8H10N2S/c1-10(2)6-7-3-4-11-8(7)5-9/h3-4H,6H2,1-2H3. The monoisotopic (exact) mass is 166 g/mol. The molecule has 0 bridgehead atoms. The molecule has 1 aromatic heterocycles. The summed E-state index contributed by atoms with van der Waals surface area (Å²) in [6, 6.07) is 4.18. The summed E-state index contributed by atoms with van der Waals surface area (Å²) in [5, 5.41) is 10.6. The smallest absolute Gasteiger partial charge is 0.110 e. The minimum absolute atomic E-state index is 0.832. The second-order valence-electron chi connectivity index (χ2n) is 2.62. The lowest BCUT2D eigenvalue weighted by Gasteiger charge is -2.07. The van der Waals surface area contributed by atoms with E-state index in [0.29, 0.717) is 0 Å². The molecule has 0 atom stereocenters. The third-order valence-corrected chi connectivity index (χ3v) is 2.20. The van der Waals surface area contributed by atoms with Crippen molar-refractivity contribution >= 4 is 11.3 Å². The number of thiophene rings is 1. The van der Waals surface area contributed by atoms with Crippen molar-refractivity contribution in [2.24, 2.45) is 0 Å². The van der Waals surface area contributed by atoms with E-state index in [1.54, 1.807) is 0 Å². The molecule has 0 amide bonds. The van der Waals surface area contributed by atoms with Gasteiger partial charge in [-0.05, 0) is 31.1 Å². The minimum atomic E-state index is 0.832. The second-order valence-corrected chi connectivity index (χ2v) is 3.54. The summed E-state index contributed by atoms with van der Waals surface area (Å²) < 4.78 is 0. The van der Waals surface area contributed by atoms with Crippen LogP contribution in [-0.4, -0.2) is 19.0 Å². The van der Waals surface area contributed by atoms with Crippen LogP contribution >= 0.6 is 11.3 Å². The van der Waals surface area contributed by atoms with Crippen molar-refractivity contribution in [2.45, 2.75) is 6.54 Å². The molecule has 0 aliphatic carbocycles. The summed E-state index contributed by atoms with van der Waals surface area (Å²) in [6.45, 7) is 0.854. The molecule has 0 saturated carbocycles. The fraction of sp³-hybridized carbons (Fsp3) is 0.375. The second kappa shape index (κ2) is 3.51. The molecule has 0 fully saturated rings. The predicted octanol–water partition coefficient (Wildman–Crippen LogP) is 1.68. The molecule has 0 saturated heterocycles. The maximum absolute atomic E-state index is 8.66. The molecule has 0 unspecified atom stereocenters. The fourth-order valence-electron chi connectivity index (χ4n) is 0.899. The number of nitrogens with zero attached hydrogens (tertiary/aromatic N) is 2. The Morgan fingerprint density at radius 2 is 2.36 bits per heavy atom. The first-order valence-electron chi connectivity index (χ1n) is 3.35. The predicted molar refractivity (Wildman–Crippen MR) is 46.4 cm³/mol. The third-order valence-electron chi connectivity index (χ3n) is 1.33. The van der Waals surface area contributed by atoms with Gasteiger partial charge in [-0.15, -0.1) is 11.3 Å². The van der Waals surface area contributed by atoms with Crippen molar-refractivity contribution < 1.29 is 0 Å². The topological polar surface area (TPSA) is 27.0 Å². The Kier molecular flexibility index (Phi) is 2.64. The summed E-state index contributed by atoms with van der Waals surface area (Å²) in [4.78, 5) is 2.89. The zero-order chi connectivity index (χ0) is 8.27. The Hall–Kier alpha value is -0.850. The van der Waals surface area contributed by atoms with Gasteiger partial charge in [0.2, 0.25) is 0 Å². The van der Waals surface area contributed by atoms with Crippen LogP contribution in [0, 0.1) is 11.3 Å². The first-order valence-corrected chi connectivity index (χ1v) is 4.23. The molecule has 0 radical (unpaired) electrons. The van der Waals surface area contributed by atoms with Gasteiger partial charge < -0.3 is 4.90 Å². The highest BCUT2D eigenvalue weighted by atomic mass is 32.1. The van der Waals surface area contributed by atoms with Gasteiger partial charge in [0.15, 0.2) is 0 Å². The highest BCUT2D eigenvalue weighted by molar-refractivity contribution is 7.10. The molecule has 11 heavy (non-hydrogen) atoms. The maximum Gasteiger partial charge on any atom is 0.110 e. The normalized spacial score (nSPS) is 10.0. The van der Waals surface area contributed by atoms with Crippen molar-refractivity contribution in [1.82, 2.24) is 4.90 Å². The minimum Gasteiger partial charge on any atom is -0.305 e. The molecule has 3 heteroatoms. The lowest BCUT2D eigenvalue weighted by atomic mass is 10.2. The summed E-state index contributed by atoms with van der Waals surface area (Å²) in [6.07, 6.45) is 0. The molecule has 1 heterocycles. The molecule has 1 aromatic rings. The van der Waals surface area contributed by atoms with Crippen LogP contribution in [0.15, 0.2) is 11.4 Å². The van der Waals surface area contributed by atoms with E-state index in [0.717, 1.165) is 17.0 Å². The molecule has 0 N–H and O–H groups in total. The first kappa shape index (κ1) is 8.25. The highest BCUT2D eigenvalue weighted by Gasteiger charge is 2.02. The van der Waals surface area contributed by atoms with E-state index < -0.39 is 0 Å². The van der Waals surface area contributed by atoms with Crippen LogP contribution in [0.3, 0.4) is 0 Å². The molecule has 0 aromatic carbocycles. The van der Waals surface area contributed by atoms with Gasteiger partial charge in [-0.1, -0.05) is 0 Å². The van der Waals surface area contributed by atoms with Crippen LogP contribution in [-0.2, 0) is 6.54 Å². The first-order chi connectivity index (χ1) is 5.24. The molecule has 1 rings (SSSR count). The average molecular weight is 166 g/mol. The van der Waals surface area contributed by atoms with Crippen LogP contribution in [0.5, 0.6) is 0 Å². The quantitative estimate of drug-likeness (QED) is 0.668. The van der Waals surface area contributed by atoms with Crippen molar-refractivity contribution in [3.63, 3.8) is 0 Å². The van der Waals surface area contributed by atoms with Crippen molar-refractivity contribution in [1.29, 1.82) is 5.26 Å². The van der Waals surface area contributed by atoms with E-state index in [1.807, 2.05) is 25.5 Å². The van der Waals surface area contributed by atoms with Crippen molar-refractivity contribution in [3.05, 3.63) is 21.9 Å². The Morgan fingerprint density at radius 3 is 2.91 bits per heavy atom. The third kappa shape index (κ3) is 2.04.